The normalized spacial score (nSPS) is 11.2. The molecule has 156 valence electrons. The number of aryl methyl sites for hydroxylation is 1. The highest BCUT2D eigenvalue weighted by atomic mass is 16.6. The van der Waals surface area contributed by atoms with Crippen molar-refractivity contribution in [2.24, 2.45) is 5.18 Å². The Morgan fingerprint density at radius 1 is 1.25 bits per heavy atom. The summed E-state index contributed by atoms with van der Waals surface area (Å²) in [6.07, 6.45) is 2.70. The van der Waals surface area contributed by atoms with Gasteiger partial charge in [0.25, 0.3) is 0 Å². The number of carbonyl (C=O) groups is 2. The maximum absolute atomic E-state index is 12.6. The number of carbonyl (C=O) groups excluding carboxylic acids is 1. The molecule has 0 aromatic carbocycles. The van der Waals surface area contributed by atoms with Crippen LogP contribution in [0.1, 0.15) is 63.3 Å². The van der Waals surface area contributed by atoms with Gasteiger partial charge in [0.15, 0.2) is 0 Å². The summed E-state index contributed by atoms with van der Waals surface area (Å²) in [7, 11) is 0. The van der Waals surface area contributed by atoms with E-state index in [4.69, 9.17) is 9.84 Å². The van der Waals surface area contributed by atoms with Crippen molar-refractivity contribution in [2.75, 3.05) is 6.54 Å². The number of aliphatic hydroxyl groups excluding tert-OH is 1. The first-order chi connectivity index (χ1) is 13.1. The van der Waals surface area contributed by atoms with Crippen LogP contribution in [-0.4, -0.2) is 44.3 Å². The topological polar surface area (TPSA) is 129 Å². The molecule has 0 fully saturated rings. The fourth-order valence-corrected chi connectivity index (χ4v) is 2.63. The molecule has 1 amide bonds. The van der Waals surface area contributed by atoms with Crippen molar-refractivity contribution in [1.82, 2.24) is 9.88 Å². The molecule has 1 aromatic heterocycles. The molecule has 0 aliphatic rings. The first-order valence-corrected chi connectivity index (χ1v) is 9.20. The molecule has 0 aliphatic heterocycles. The maximum atomic E-state index is 12.6. The van der Waals surface area contributed by atoms with E-state index in [1.54, 1.807) is 27.7 Å². The number of hydrogen-bond acceptors (Lipinski definition) is 7. The third-order valence-electron chi connectivity index (χ3n) is 4.01. The van der Waals surface area contributed by atoms with Gasteiger partial charge in [-0.1, -0.05) is 6.42 Å². The molecule has 1 aromatic rings. The van der Waals surface area contributed by atoms with Crippen LogP contribution in [0.4, 0.5) is 10.5 Å². The molecule has 0 radical (unpaired) electrons. The van der Waals surface area contributed by atoms with E-state index < -0.39 is 17.7 Å². The minimum Gasteiger partial charge on any atom is -0.481 e. The number of nitroso groups, excluding NO2 is 1. The third kappa shape index (κ3) is 7.59. The van der Waals surface area contributed by atoms with E-state index in [1.807, 2.05) is 0 Å². The molecule has 9 nitrogen and oxygen atoms in total. The molecule has 1 rings (SSSR count). The zero-order valence-corrected chi connectivity index (χ0v) is 16.9. The summed E-state index contributed by atoms with van der Waals surface area (Å²) < 4.78 is 5.45. The largest absolute Gasteiger partial charge is 0.481 e. The summed E-state index contributed by atoms with van der Waals surface area (Å²) in [5.41, 5.74) is 0.665. The molecule has 9 heteroatoms. The Morgan fingerprint density at radius 3 is 2.46 bits per heavy atom. The zero-order chi connectivity index (χ0) is 21.3. The molecule has 0 saturated carbocycles. The summed E-state index contributed by atoms with van der Waals surface area (Å²) in [5.74, 6) is -0.856. The average molecular weight is 395 g/mol. The first-order valence-electron chi connectivity index (χ1n) is 9.20. The zero-order valence-electron chi connectivity index (χ0n) is 16.9. The van der Waals surface area contributed by atoms with E-state index in [9.17, 15) is 19.6 Å². The molecule has 2 N–H and O–H groups in total. The minimum atomic E-state index is -0.856. The fraction of sp³-hybridized carbons (Fsp3) is 0.632. The number of hydrogen-bond donors (Lipinski definition) is 2. The number of aliphatic carboxylic acids is 1. The fourth-order valence-electron chi connectivity index (χ4n) is 2.63. The highest BCUT2D eigenvalue weighted by Gasteiger charge is 2.24. The van der Waals surface area contributed by atoms with Crippen LogP contribution in [-0.2, 0) is 22.7 Å². The van der Waals surface area contributed by atoms with Gasteiger partial charge in [0.1, 0.15) is 11.3 Å². The number of aromatic nitrogens is 1. The number of carboxylic acid groups (broad SMARTS) is 1. The second-order valence-corrected chi connectivity index (χ2v) is 7.55. The van der Waals surface area contributed by atoms with Crippen LogP contribution in [0, 0.1) is 11.8 Å². The lowest BCUT2D eigenvalue weighted by Crippen LogP contribution is -2.37. The smallest absolute Gasteiger partial charge is 0.410 e. The second-order valence-electron chi connectivity index (χ2n) is 7.55. The predicted octanol–water partition coefficient (Wildman–Crippen LogP) is 3.66. The van der Waals surface area contributed by atoms with Gasteiger partial charge in [-0.25, -0.2) is 4.79 Å². The van der Waals surface area contributed by atoms with Crippen LogP contribution < -0.4 is 0 Å². The summed E-state index contributed by atoms with van der Waals surface area (Å²) in [4.78, 5) is 40.1. The molecule has 0 atom stereocenters. The number of rotatable bonds is 10. The van der Waals surface area contributed by atoms with Crippen LogP contribution in [0.15, 0.2) is 11.4 Å². The lowest BCUT2D eigenvalue weighted by Gasteiger charge is -2.28. The molecule has 0 spiro atoms. The van der Waals surface area contributed by atoms with Crippen molar-refractivity contribution in [2.45, 2.75) is 72.1 Å². The van der Waals surface area contributed by atoms with Gasteiger partial charge >= 0.3 is 12.1 Å². The summed E-state index contributed by atoms with van der Waals surface area (Å²) >= 11 is 0. The highest BCUT2D eigenvalue weighted by Crippen LogP contribution is 2.28. The van der Waals surface area contributed by atoms with Crippen LogP contribution in [0.5, 0.6) is 0 Å². The summed E-state index contributed by atoms with van der Waals surface area (Å²) in [5, 5.41) is 21.3. The SMILES string of the molecule is Cc1ncc(CO)c(CN(CCCCCC(=O)O)C(=O)OC(C)(C)C)c1N=O. The number of pyridine rings is 1. The third-order valence-corrected chi connectivity index (χ3v) is 4.01. The van der Waals surface area contributed by atoms with Gasteiger partial charge in [-0.3, -0.25) is 9.78 Å². The van der Waals surface area contributed by atoms with E-state index in [2.05, 4.69) is 10.2 Å². The molecule has 28 heavy (non-hydrogen) atoms. The van der Waals surface area contributed by atoms with Gasteiger partial charge in [-0.15, -0.1) is 4.91 Å². The second kappa shape index (κ2) is 10.7. The molecular formula is C19H29N3O6. The van der Waals surface area contributed by atoms with E-state index >= 15 is 0 Å². The average Bonchev–Trinajstić information content (AvgIpc) is 2.58. The van der Waals surface area contributed by atoms with Gasteiger partial charge in [0.05, 0.1) is 18.8 Å². The van der Waals surface area contributed by atoms with E-state index in [-0.39, 0.29) is 25.3 Å². The van der Waals surface area contributed by atoms with Crippen LogP contribution >= 0.6 is 0 Å². The first kappa shape index (κ1) is 23.5. The van der Waals surface area contributed by atoms with E-state index in [1.165, 1.54) is 11.1 Å². The van der Waals surface area contributed by atoms with Crippen molar-refractivity contribution < 1.29 is 24.5 Å². The van der Waals surface area contributed by atoms with Crippen molar-refractivity contribution in [3.63, 3.8) is 0 Å². The summed E-state index contributed by atoms with van der Waals surface area (Å²) in [6, 6.07) is 0. The van der Waals surface area contributed by atoms with Gasteiger partial charge in [-0.2, -0.15) is 0 Å². The standard InChI is InChI=1S/C19H29N3O6/c1-13-17(21-27)15(14(12-23)10-20-13)11-22(18(26)28-19(2,3)4)9-7-5-6-8-16(24)25/h10,23H,5-9,11-12H2,1-4H3,(H,24,25). The van der Waals surface area contributed by atoms with Gasteiger partial charge in [0, 0.05) is 30.3 Å². The Kier molecular flexibility index (Phi) is 8.98. The van der Waals surface area contributed by atoms with Crippen molar-refractivity contribution in [3.05, 3.63) is 27.9 Å². The van der Waals surface area contributed by atoms with Gasteiger partial charge < -0.3 is 19.8 Å². The van der Waals surface area contributed by atoms with Crippen LogP contribution in [0.3, 0.4) is 0 Å². The number of ether oxygens (including phenoxy) is 1. The lowest BCUT2D eigenvalue weighted by atomic mass is 10.1. The Morgan fingerprint density at radius 2 is 1.93 bits per heavy atom. The molecule has 0 bridgehead atoms. The molecule has 0 aliphatic carbocycles. The monoisotopic (exact) mass is 395 g/mol. The molecule has 0 unspecified atom stereocenters. The predicted molar refractivity (Wildman–Crippen MR) is 103 cm³/mol. The van der Waals surface area contributed by atoms with Crippen molar-refractivity contribution >= 4 is 17.7 Å². The van der Waals surface area contributed by atoms with Gasteiger partial charge in [0.2, 0.25) is 0 Å². The number of carboxylic acids is 1. The van der Waals surface area contributed by atoms with Crippen molar-refractivity contribution in [1.29, 1.82) is 0 Å². The number of unbranched alkanes of at least 4 members (excludes halogenated alkanes) is 2. The maximum Gasteiger partial charge on any atom is 0.410 e. The molecular weight excluding hydrogens is 366 g/mol. The number of amides is 1. The Balaban J connectivity index is 3.02. The number of nitrogens with zero attached hydrogens (tertiary/aromatic N) is 3. The van der Waals surface area contributed by atoms with Gasteiger partial charge in [-0.05, 0) is 45.7 Å². The minimum absolute atomic E-state index is 0.0359. The van der Waals surface area contributed by atoms with Crippen molar-refractivity contribution in [3.8, 4) is 0 Å². The quantitative estimate of drug-likeness (QED) is 0.457. The Labute approximate surface area is 164 Å². The van der Waals surface area contributed by atoms with E-state index in [0.29, 0.717) is 42.6 Å². The molecule has 0 saturated heterocycles. The lowest BCUT2D eigenvalue weighted by molar-refractivity contribution is -0.137. The Hall–Kier alpha value is -2.55. The Bertz CT molecular complexity index is 700. The molecule has 1 heterocycles. The highest BCUT2D eigenvalue weighted by molar-refractivity contribution is 5.69. The van der Waals surface area contributed by atoms with E-state index in [0.717, 1.165) is 0 Å². The van der Waals surface area contributed by atoms with Crippen LogP contribution in [0.2, 0.25) is 0 Å². The summed E-state index contributed by atoms with van der Waals surface area (Å²) in [6.45, 7) is 6.91. The van der Waals surface area contributed by atoms with Crippen LogP contribution in [0.25, 0.3) is 0 Å². The number of aliphatic hydroxyl groups is 1.